The molecule has 1 heterocycles. The average Bonchev–Trinajstić information content (AvgIpc) is 3.04. The first-order valence-electron chi connectivity index (χ1n) is 10.7. The molecule has 3 aromatic rings. The molecule has 33 heavy (non-hydrogen) atoms. The van der Waals surface area contributed by atoms with E-state index >= 15 is 0 Å². The molecule has 4 rings (SSSR count). The lowest BCUT2D eigenvalue weighted by molar-refractivity contribution is -0.132. The number of ether oxygens (including phenoxy) is 1. The van der Waals surface area contributed by atoms with Gasteiger partial charge < -0.3 is 9.84 Å². The number of benzene rings is 3. The maximum absolute atomic E-state index is 13.2. The molecule has 0 aromatic heterocycles. The van der Waals surface area contributed by atoms with E-state index in [1.54, 1.807) is 48.5 Å². The summed E-state index contributed by atoms with van der Waals surface area (Å²) in [7, 11) is 0. The van der Waals surface area contributed by atoms with E-state index in [1.165, 1.54) is 4.90 Å². The number of aliphatic hydroxyl groups is 1. The molecule has 1 amide bonds. The number of carbonyl (C=O) groups is 2. The molecular formula is C27H24ClNO4. The quantitative estimate of drug-likeness (QED) is 0.285. The van der Waals surface area contributed by atoms with Crippen molar-refractivity contribution in [2.45, 2.75) is 32.9 Å². The monoisotopic (exact) mass is 461 g/mol. The summed E-state index contributed by atoms with van der Waals surface area (Å²) in [5.41, 5.74) is 2.65. The molecular weight excluding hydrogens is 438 g/mol. The molecule has 0 bridgehead atoms. The summed E-state index contributed by atoms with van der Waals surface area (Å²) in [5, 5.41) is 11.8. The molecule has 1 N–H and O–H groups in total. The molecule has 1 unspecified atom stereocenters. The summed E-state index contributed by atoms with van der Waals surface area (Å²) in [6, 6.07) is 20.3. The summed E-state index contributed by atoms with van der Waals surface area (Å²) < 4.78 is 5.74. The molecule has 1 aliphatic rings. The standard InChI is InChI=1S/C27H24ClNO4/c1-16(2)33-22-9-5-8-19(15-22)25(30)23-24(18-7-4-6-17(3)14-18)29(27(32)26(23)31)21-12-10-20(28)11-13-21/h4-16,24,30H,1-3H3/b25-23-. The van der Waals surface area contributed by atoms with Gasteiger partial charge >= 0.3 is 0 Å². The van der Waals surface area contributed by atoms with Crippen LogP contribution < -0.4 is 9.64 Å². The van der Waals surface area contributed by atoms with Crippen molar-refractivity contribution in [1.29, 1.82) is 0 Å². The van der Waals surface area contributed by atoms with E-state index in [0.717, 1.165) is 11.1 Å². The van der Waals surface area contributed by atoms with Crippen molar-refractivity contribution in [2.75, 3.05) is 4.90 Å². The van der Waals surface area contributed by atoms with E-state index in [4.69, 9.17) is 16.3 Å². The number of amides is 1. The Balaban J connectivity index is 1.91. The predicted octanol–water partition coefficient (Wildman–Crippen LogP) is 6.06. The minimum absolute atomic E-state index is 0.0299. The molecule has 5 nitrogen and oxygen atoms in total. The molecule has 3 aromatic carbocycles. The van der Waals surface area contributed by atoms with Gasteiger partial charge in [0.25, 0.3) is 11.7 Å². The third-order valence-corrected chi connectivity index (χ3v) is 5.64. The number of aliphatic hydroxyl groups excluding tert-OH is 1. The Kier molecular flexibility index (Phi) is 6.25. The molecule has 1 atom stereocenters. The second kappa shape index (κ2) is 9.12. The SMILES string of the molecule is Cc1cccc(C2/C(=C(/O)c3cccc(OC(C)C)c3)C(=O)C(=O)N2c2ccc(Cl)cc2)c1. The minimum Gasteiger partial charge on any atom is -0.507 e. The number of hydrogen-bond donors (Lipinski definition) is 1. The van der Waals surface area contributed by atoms with Crippen molar-refractivity contribution >= 4 is 34.7 Å². The van der Waals surface area contributed by atoms with E-state index in [9.17, 15) is 14.7 Å². The second-order valence-corrected chi connectivity index (χ2v) is 8.69. The Hall–Kier alpha value is -3.57. The van der Waals surface area contributed by atoms with Gasteiger partial charge in [0, 0.05) is 16.3 Å². The van der Waals surface area contributed by atoms with Gasteiger partial charge in [-0.3, -0.25) is 14.5 Å². The first kappa shape index (κ1) is 22.6. The molecule has 1 saturated heterocycles. The molecule has 1 aliphatic heterocycles. The Morgan fingerprint density at radius 2 is 1.70 bits per heavy atom. The summed E-state index contributed by atoms with van der Waals surface area (Å²) in [4.78, 5) is 27.8. The third-order valence-electron chi connectivity index (χ3n) is 5.39. The lowest BCUT2D eigenvalue weighted by Crippen LogP contribution is -2.29. The Labute approximate surface area is 197 Å². The first-order valence-corrected chi connectivity index (χ1v) is 11.0. The molecule has 6 heteroatoms. The van der Waals surface area contributed by atoms with Crippen LogP contribution in [0.25, 0.3) is 5.76 Å². The highest BCUT2D eigenvalue weighted by atomic mass is 35.5. The number of aryl methyl sites for hydroxylation is 1. The van der Waals surface area contributed by atoms with Gasteiger partial charge in [-0.25, -0.2) is 0 Å². The van der Waals surface area contributed by atoms with Crippen molar-refractivity contribution < 1.29 is 19.4 Å². The number of anilines is 1. The fourth-order valence-electron chi connectivity index (χ4n) is 4.00. The molecule has 0 saturated carbocycles. The van der Waals surface area contributed by atoms with Gasteiger partial charge in [-0.15, -0.1) is 0 Å². The maximum Gasteiger partial charge on any atom is 0.300 e. The van der Waals surface area contributed by atoms with Crippen LogP contribution in [0, 0.1) is 6.92 Å². The van der Waals surface area contributed by atoms with Crippen LogP contribution in [0.3, 0.4) is 0 Å². The van der Waals surface area contributed by atoms with E-state index < -0.39 is 17.7 Å². The van der Waals surface area contributed by atoms with Crippen molar-refractivity contribution in [2.24, 2.45) is 0 Å². The zero-order valence-electron chi connectivity index (χ0n) is 18.6. The Morgan fingerprint density at radius 1 is 1.00 bits per heavy atom. The van der Waals surface area contributed by atoms with Crippen LogP contribution in [0.5, 0.6) is 5.75 Å². The zero-order valence-corrected chi connectivity index (χ0v) is 19.3. The number of Topliss-reactive ketones (excluding diaryl/α,β-unsaturated/α-hetero) is 1. The molecule has 1 fully saturated rings. The average molecular weight is 462 g/mol. The zero-order chi connectivity index (χ0) is 23.7. The Morgan fingerprint density at radius 3 is 2.36 bits per heavy atom. The fourth-order valence-corrected chi connectivity index (χ4v) is 4.13. The van der Waals surface area contributed by atoms with E-state index in [0.29, 0.717) is 22.0 Å². The van der Waals surface area contributed by atoms with E-state index in [-0.39, 0.29) is 17.4 Å². The molecule has 0 aliphatic carbocycles. The van der Waals surface area contributed by atoms with Crippen molar-refractivity contribution in [3.8, 4) is 5.75 Å². The van der Waals surface area contributed by atoms with Crippen LogP contribution >= 0.6 is 11.6 Å². The normalized spacial score (nSPS) is 17.6. The highest BCUT2D eigenvalue weighted by Crippen LogP contribution is 2.42. The number of rotatable bonds is 5. The third kappa shape index (κ3) is 4.50. The predicted molar refractivity (Wildman–Crippen MR) is 130 cm³/mol. The molecule has 0 spiro atoms. The van der Waals surface area contributed by atoms with Crippen molar-refractivity contribution in [3.63, 3.8) is 0 Å². The van der Waals surface area contributed by atoms with Crippen molar-refractivity contribution in [3.05, 3.63) is 100 Å². The summed E-state index contributed by atoms with van der Waals surface area (Å²) in [6.07, 6.45) is -0.0508. The van der Waals surface area contributed by atoms with Crippen LogP contribution in [-0.2, 0) is 9.59 Å². The topological polar surface area (TPSA) is 66.8 Å². The number of carbonyl (C=O) groups excluding carboxylic acids is 2. The van der Waals surface area contributed by atoms with Crippen LogP contribution in [0.2, 0.25) is 5.02 Å². The van der Waals surface area contributed by atoms with Gasteiger partial charge in [0.15, 0.2) is 0 Å². The van der Waals surface area contributed by atoms with Crippen molar-refractivity contribution in [1.82, 2.24) is 0 Å². The van der Waals surface area contributed by atoms with E-state index in [2.05, 4.69) is 0 Å². The minimum atomic E-state index is -0.791. The lowest BCUT2D eigenvalue weighted by atomic mass is 9.94. The van der Waals surface area contributed by atoms with Gasteiger partial charge in [-0.05, 0) is 62.7 Å². The first-order chi connectivity index (χ1) is 15.8. The fraction of sp³-hybridized carbons (Fsp3) is 0.185. The highest BCUT2D eigenvalue weighted by Gasteiger charge is 2.47. The van der Waals surface area contributed by atoms with Gasteiger partial charge in [-0.2, -0.15) is 0 Å². The second-order valence-electron chi connectivity index (χ2n) is 8.25. The summed E-state index contributed by atoms with van der Waals surface area (Å²) in [5.74, 6) is -1.14. The van der Waals surface area contributed by atoms with Gasteiger partial charge in [0.1, 0.15) is 11.5 Å². The lowest BCUT2D eigenvalue weighted by Gasteiger charge is -2.25. The number of ketones is 1. The van der Waals surface area contributed by atoms with Gasteiger partial charge in [0.05, 0.1) is 17.7 Å². The molecule has 168 valence electrons. The summed E-state index contributed by atoms with van der Waals surface area (Å²) >= 11 is 6.04. The van der Waals surface area contributed by atoms with Crippen LogP contribution in [0.15, 0.2) is 78.4 Å². The van der Waals surface area contributed by atoms with Gasteiger partial charge in [0.2, 0.25) is 0 Å². The van der Waals surface area contributed by atoms with E-state index in [1.807, 2.05) is 45.0 Å². The maximum atomic E-state index is 13.2. The summed E-state index contributed by atoms with van der Waals surface area (Å²) in [6.45, 7) is 5.74. The van der Waals surface area contributed by atoms with Crippen LogP contribution in [-0.4, -0.2) is 22.9 Å². The smallest absolute Gasteiger partial charge is 0.300 e. The van der Waals surface area contributed by atoms with Crippen LogP contribution in [0.4, 0.5) is 5.69 Å². The van der Waals surface area contributed by atoms with Crippen LogP contribution in [0.1, 0.15) is 36.6 Å². The number of nitrogens with zero attached hydrogens (tertiary/aromatic N) is 1. The number of halogens is 1. The van der Waals surface area contributed by atoms with Gasteiger partial charge in [-0.1, -0.05) is 53.6 Å². The Bertz CT molecular complexity index is 1250. The highest BCUT2D eigenvalue weighted by molar-refractivity contribution is 6.51. The number of hydrogen-bond acceptors (Lipinski definition) is 4. The largest absolute Gasteiger partial charge is 0.507 e. The molecule has 0 radical (unpaired) electrons.